The van der Waals surface area contributed by atoms with Gasteiger partial charge in [-0.2, -0.15) is 13.2 Å². The van der Waals surface area contributed by atoms with E-state index in [9.17, 15) is 18.0 Å². The van der Waals surface area contributed by atoms with Gasteiger partial charge in [0.2, 0.25) is 0 Å². The first kappa shape index (κ1) is 17.1. The quantitative estimate of drug-likeness (QED) is 0.533. The Hall–Kier alpha value is -1.76. The van der Waals surface area contributed by atoms with E-state index < -0.39 is 17.6 Å². The fourth-order valence-electron chi connectivity index (χ4n) is 2.18. The summed E-state index contributed by atoms with van der Waals surface area (Å²) in [6, 6.07) is 9.54. The van der Waals surface area contributed by atoms with Crippen molar-refractivity contribution in [2.24, 2.45) is 0 Å². The average Bonchev–Trinajstić information content (AvgIpc) is 2.85. The van der Waals surface area contributed by atoms with Crippen LogP contribution in [0, 0.1) is 0 Å². The average molecular weight is 390 g/mol. The molecule has 0 bridgehead atoms. The van der Waals surface area contributed by atoms with Crippen LogP contribution < -0.4 is 5.32 Å². The lowest BCUT2D eigenvalue weighted by molar-refractivity contribution is -0.137. The molecule has 3 aromatic rings. The molecule has 1 aromatic heterocycles. The number of anilines is 1. The Kier molecular flexibility index (Phi) is 4.46. The van der Waals surface area contributed by atoms with Crippen LogP contribution in [-0.4, -0.2) is 5.91 Å². The highest BCUT2D eigenvalue weighted by atomic mass is 35.5. The smallest absolute Gasteiger partial charge is 0.321 e. The van der Waals surface area contributed by atoms with E-state index >= 15 is 0 Å². The molecule has 0 aliphatic rings. The van der Waals surface area contributed by atoms with Gasteiger partial charge in [-0.05, 0) is 30.3 Å². The normalized spacial score (nSPS) is 11.7. The Labute approximate surface area is 148 Å². The Morgan fingerprint density at radius 2 is 1.79 bits per heavy atom. The van der Waals surface area contributed by atoms with Crippen molar-refractivity contribution in [3.8, 4) is 0 Å². The third-order valence-corrected chi connectivity index (χ3v) is 5.22. The van der Waals surface area contributed by atoms with Crippen LogP contribution in [0.15, 0.2) is 42.5 Å². The van der Waals surface area contributed by atoms with Gasteiger partial charge in [-0.25, -0.2) is 0 Å². The number of thiophene rings is 1. The van der Waals surface area contributed by atoms with Crippen LogP contribution in [0.5, 0.6) is 0 Å². The lowest BCUT2D eigenvalue weighted by Crippen LogP contribution is -2.12. The van der Waals surface area contributed by atoms with E-state index in [-0.39, 0.29) is 15.6 Å². The van der Waals surface area contributed by atoms with Gasteiger partial charge in [0, 0.05) is 15.8 Å². The van der Waals surface area contributed by atoms with Crippen LogP contribution in [0.25, 0.3) is 10.1 Å². The molecule has 0 spiro atoms. The molecular formula is C16H8Cl2F3NOS. The zero-order chi connectivity index (χ0) is 17.5. The van der Waals surface area contributed by atoms with Crippen molar-refractivity contribution in [2.75, 3.05) is 5.32 Å². The second-order valence-corrected chi connectivity index (χ2v) is 6.73. The highest BCUT2D eigenvalue weighted by Crippen LogP contribution is 2.39. The fraction of sp³-hybridized carbons (Fsp3) is 0.0625. The minimum Gasteiger partial charge on any atom is -0.321 e. The van der Waals surface area contributed by atoms with Gasteiger partial charge in [-0.1, -0.05) is 35.3 Å². The molecule has 2 nitrogen and oxygen atoms in total. The van der Waals surface area contributed by atoms with Crippen molar-refractivity contribution in [1.82, 2.24) is 0 Å². The number of fused-ring (bicyclic) bond motifs is 1. The largest absolute Gasteiger partial charge is 0.416 e. The van der Waals surface area contributed by atoms with Gasteiger partial charge in [0.25, 0.3) is 5.91 Å². The van der Waals surface area contributed by atoms with Gasteiger partial charge >= 0.3 is 6.18 Å². The summed E-state index contributed by atoms with van der Waals surface area (Å²) in [6.07, 6.45) is -4.48. The Morgan fingerprint density at radius 1 is 1.08 bits per heavy atom. The number of hydrogen-bond donors (Lipinski definition) is 1. The molecule has 0 fully saturated rings. The molecule has 0 saturated carbocycles. The summed E-state index contributed by atoms with van der Waals surface area (Å²) in [5.41, 5.74) is -0.805. The minimum atomic E-state index is -4.48. The molecule has 1 heterocycles. The molecule has 1 N–H and O–H groups in total. The predicted octanol–water partition coefficient (Wildman–Crippen LogP) is 6.48. The topological polar surface area (TPSA) is 29.1 Å². The second kappa shape index (κ2) is 6.27. The van der Waals surface area contributed by atoms with Crippen LogP contribution in [-0.2, 0) is 6.18 Å². The Balaban J connectivity index is 1.94. The molecule has 1 amide bonds. The molecule has 0 unspecified atom stereocenters. The molecule has 0 saturated heterocycles. The maximum absolute atomic E-state index is 12.7. The van der Waals surface area contributed by atoms with E-state index in [0.29, 0.717) is 10.4 Å². The van der Waals surface area contributed by atoms with Crippen molar-refractivity contribution in [3.05, 3.63) is 63.0 Å². The third-order valence-electron chi connectivity index (χ3n) is 3.26. The number of carbonyl (C=O) groups is 1. The summed E-state index contributed by atoms with van der Waals surface area (Å²) in [5.74, 6) is -0.586. The minimum absolute atomic E-state index is 0.0365. The lowest BCUT2D eigenvalue weighted by Gasteiger charge is -2.09. The lowest BCUT2D eigenvalue weighted by atomic mass is 10.2. The third kappa shape index (κ3) is 3.22. The molecule has 24 heavy (non-hydrogen) atoms. The van der Waals surface area contributed by atoms with Crippen molar-refractivity contribution < 1.29 is 18.0 Å². The van der Waals surface area contributed by atoms with Crippen molar-refractivity contribution >= 4 is 56.2 Å². The first-order valence-corrected chi connectivity index (χ1v) is 8.20. The van der Waals surface area contributed by atoms with E-state index in [4.69, 9.17) is 23.2 Å². The van der Waals surface area contributed by atoms with Gasteiger partial charge in [-0.3, -0.25) is 4.79 Å². The van der Waals surface area contributed by atoms with E-state index in [2.05, 4.69) is 5.32 Å². The number of benzene rings is 2. The zero-order valence-electron chi connectivity index (χ0n) is 11.7. The standard InChI is InChI=1S/C16H8Cl2F3NOS/c17-10-5-2-6-11-12(10)13(18)14(24-11)15(23)22-9-4-1-3-8(7-9)16(19,20)21/h1-7H,(H,22,23). The summed E-state index contributed by atoms with van der Waals surface area (Å²) in [7, 11) is 0. The summed E-state index contributed by atoms with van der Waals surface area (Å²) in [4.78, 5) is 12.6. The molecule has 0 atom stereocenters. The second-order valence-electron chi connectivity index (χ2n) is 4.89. The SMILES string of the molecule is O=C(Nc1cccc(C(F)(F)F)c1)c1sc2cccc(Cl)c2c1Cl. The van der Waals surface area contributed by atoms with Gasteiger partial charge in [0.1, 0.15) is 4.88 Å². The van der Waals surface area contributed by atoms with Gasteiger partial charge in [-0.15, -0.1) is 11.3 Å². The first-order valence-electron chi connectivity index (χ1n) is 6.62. The van der Waals surface area contributed by atoms with Crippen LogP contribution in [0.3, 0.4) is 0 Å². The number of alkyl halides is 3. The van der Waals surface area contributed by atoms with E-state index in [1.165, 1.54) is 12.1 Å². The Bertz CT molecular complexity index is 937. The van der Waals surface area contributed by atoms with Crippen molar-refractivity contribution in [2.45, 2.75) is 6.18 Å². The Morgan fingerprint density at radius 3 is 2.46 bits per heavy atom. The summed E-state index contributed by atoms with van der Waals surface area (Å²) in [6.45, 7) is 0. The van der Waals surface area contributed by atoms with E-state index in [1.54, 1.807) is 18.2 Å². The molecule has 3 rings (SSSR count). The van der Waals surface area contributed by atoms with Gasteiger partial charge in [0.15, 0.2) is 0 Å². The predicted molar refractivity (Wildman–Crippen MR) is 91.2 cm³/mol. The number of amides is 1. The number of rotatable bonds is 2. The molecule has 124 valence electrons. The van der Waals surface area contributed by atoms with Gasteiger partial charge in [0.05, 0.1) is 15.6 Å². The number of carbonyl (C=O) groups excluding carboxylic acids is 1. The molecule has 2 aromatic carbocycles. The molecule has 0 aliphatic heterocycles. The maximum atomic E-state index is 12.7. The van der Waals surface area contributed by atoms with Crippen LogP contribution in [0.4, 0.5) is 18.9 Å². The molecular weight excluding hydrogens is 382 g/mol. The first-order chi connectivity index (χ1) is 11.3. The van der Waals surface area contributed by atoms with Gasteiger partial charge < -0.3 is 5.32 Å². The monoisotopic (exact) mass is 389 g/mol. The summed E-state index contributed by atoms with van der Waals surface area (Å²) >= 11 is 13.4. The molecule has 8 heteroatoms. The molecule has 0 radical (unpaired) electrons. The number of hydrogen-bond acceptors (Lipinski definition) is 2. The fourth-order valence-corrected chi connectivity index (χ4v) is 4.03. The highest BCUT2D eigenvalue weighted by Gasteiger charge is 2.30. The van der Waals surface area contributed by atoms with Crippen LogP contribution in [0.2, 0.25) is 10.0 Å². The maximum Gasteiger partial charge on any atom is 0.416 e. The van der Waals surface area contributed by atoms with E-state index in [1.807, 2.05) is 0 Å². The summed E-state index contributed by atoms with van der Waals surface area (Å²) in [5, 5.41) is 3.59. The number of nitrogens with one attached hydrogen (secondary N) is 1. The summed E-state index contributed by atoms with van der Waals surface area (Å²) < 4.78 is 38.9. The van der Waals surface area contributed by atoms with Crippen LogP contribution in [0.1, 0.15) is 15.2 Å². The number of halogens is 5. The van der Waals surface area contributed by atoms with Crippen LogP contribution >= 0.6 is 34.5 Å². The molecule has 0 aliphatic carbocycles. The van der Waals surface area contributed by atoms with Crippen molar-refractivity contribution in [1.29, 1.82) is 0 Å². The zero-order valence-corrected chi connectivity index (χ0v) is 14.1. The van der Waals surface area contributed by atoms with Crippen molar-refractivity contribution in [3.63, 3.8) is 0 Å². The highest BCUT2D eigenvalue weighted by molar-refractivity contribution is 7.21. The van der Waals surface area contributed by atoms with E-state index in [0.717, 1.165) is 28.2 Å².